The Bertz CT molecular complexity index is 930. The standard InChI is InChI=1S/C18H18BrN5O/c1-22-7-9-23(10-8-22)18(25)13-3-2-4-14(11-13)24-12-20-15-5-6-16(19)21-17(15)24/h2-6,11-12H,7-10H2,1H3. The Kier molecular flexibility index (Phi) is 4.27. The normalized spacial score (nSPS) is 15.7. The predicted octanol–water partition coefficient (Wildman–Crippen LogP) is 2.57. The summed E-state index contributed by atoms with van der Waals surface area (Å²) in [6.07, 6.45) is 1.74. The Balaban J connectivity index is 1.67. The van der Waals surface area contributed by atoms with Gasteiger partial charge in [-0.3, -0.25) is 9.36 Å². The fourth-order valence-electron chi connectivity index (χ4n) is 3.04. The smallest absolute Gasteiger partial charge is 0.254 e. The molecule has 25 heavy (non-hydrogen) atoms. The number of fused-ring (bicyclic) bond motifs is 1. The molecule has 0 unspecified atom stereocenters. The molecule has 6 nitrogen and oxygen atoms in total. The summed E-state index contributed by atoms with van der Waals surface area (Å²) >= 11 is 3.40. The van der Waals surface area contributed by atoms with Crippen molar-refractivity contribution in [2.45, 2.75) is 0 Å². The van der Waals surface area contributed by atoms with Crippen LogP contribution in [0.15, 0.2) is 47.3 Å². The van der Waals surface area contributed by atoms with Crippen molar-refractivity contribution in [3.05, 3.63) is 52.9 Å². The number of hydrogen-bond acceptors (Lipinski definition) is 4. The molecule has 1 fully saturated rings. The summed E-state index contributed by atoms with van der Waals surface area (Å²) in [5.74, 6) is 0.0773. The maximum Gasteiger partial charge on any atom is 0.254 e. The van der Waals surface area contributed by atoms with Crippen LogP contribution >= 0.6 is 15.9 Å². The third-order valence-electron chi connectivity index (χ3n) is 4.52. The number of rotatable bonds is 2. The van der Waals surface area contributed by atoms with Crippen molar-refractivity contribution in [3.63, 3.8) is 0 Å². The lowest BCUT2D eigenvalue weighted by Crippen LogP contribution is -2.47. The number of carbonyl (C=O) groups is 1. The minimum Gasteiger partial charge on any atom is -0.336 e. The van der Waals surface area contributed by atoms with Gasteiger partial charge in [0, 0.05) is 37.4 Å². The molecule has 1 saturated heterocycles. The van der Waals surface area contributed by atoms with Crippen molar-refractivity contribution in [1.82, 2.24) is 24.3 Å². The highest BCUT2D eigenvalue weighted by molar-refractivity contribution is 9.10. The van der Waals surface area contributed by atoms with Gasteiger partial charge in [0.25, 0.3) is 5.91 Å². The highest BCUT2D eigenvalue weighted by Crippen LogP contribution is 2.20. The molecule has 3 heterocycles. The van der Waals surface area contributed by atoms with E-state index in [1.807, 2.05) is 45.9 Å². The number of benzene rings is 1. The Labute approximate surface area is 154 Å². The number of carbonyl (C=O) groups excluding carboxylic acids is 1. The molecule has 1 aliphatic rings. The number of piperazine rings is 1. The Morgan fingerprint density at radius 3 is 2.72 bits per heavy atom. The number of hydrogen-bond donors (Lipinski definition) is 0. The summed E-state index contributed by atoms with van der Waals surface area (Å²) < 4.78 is 2.66. The SMILES string of the molecule is CN1CCN(C(=O)c2cccc(-n3cnc4ccc(Br)nc43)c2)CC1. The third-order valence-corrected chi connectivity index (χ3v) is 4.96. The molecular weight excluding hydrogens is 382 g/mol. The van der Waals surface area contributed by atoms with Gasteiger partial charge in [-0.2, -0.15) is 0 Å². The van der Waals surface area contributed by atoms with Crippen LogP contribution in [0.25, 0.3) is 16.9 Å². The van der Waals surface area contributed by atoms with Crippen molar-refractivity contribution >= 4 is 33.0 Å². The van der Waals surface area contributed by atoms with Gasteiger partial charge in [-0.25, -0.2) is 9.97 Å². The summed E-state index contributed by atoms with van der Waals surface area (Å²) in [5, 5.41) is 0. The average molecular weight is 400 g/mol. The number of aromatic nitrogens is 3. The van der Waals surface area contributed by atoms with E-state index in [0.29, 0.717) is 5.56 Å². The van der Waals surface area contributed by atoms with Crippen LogP contribution in [0.1, 0.15) is 10.4 Å². The predicted molar refractivity (Wildman–Crippen MR) is 100.0 cm³/mol. The lowest BCUT2D eigenvalue weighted by Gasteiger charge is -2.32. The molecule has 7 heteroatoms. The Morgan fingerprint density at radius 2 is 1.92 bits per heavy atom. The second-order valence-electron chi connectivity index (χ2n) is 6.24. The van der Waals surface area contributed by atoms with Gasteiger partial charge < -0.3 is 9.80 Å². The Morgan fingerprint density at radius 1 is 1.12 bits per heavy atom. The van der Waals surface area contributed by atoms with E-state index in [-0.39, 0.29) is 5.91 Å². The van der Waals surface area contributed by atoms with Crippen molar-refractivity contribution in [2.75, 3.05) is 33.2 Å². The van der Waals surface area contributed by atoms with Crippen molar-refractivity contribution in [1.29, 1.82) is 0 Å². The quantitative estimate of drug-likeness (QED) is 0.621. The highest BCUT2D eigenvalue weighted by Gasteiger charge is 2.20. The van der Waals surface area contributed by atoms with E-state index in [9.17, 15) is 4.79 Å². The molecule has 1 aromatic carbocycles. The molecule has 1 aliphatic heterocycles. The summed E-state index contributed by atoms with van der Waals surface area (Å²) in [5.41, 5.74) is 3.16. The lowest BCUT2D eigenvalue weighted by molar-refractivity contribution is 0.0664. The molecule has 0 bridgehead atoms. The third kappa shape index (κ3) is 3.17. The van der Waals surface area contributed by atoms with Crippen LogP contribution in [0.4, 0.5) is 0 Å². The molecule has 0 radical (unpaired) electrons. The minimum absolute atomic E-state index is 0.0773. The van der Waals surface area contributed by atoms with Gasteiger partial charge in [-0.15, -0.1) is 0 Å². The minimum atomic E-state index is 0.0773. The van der Waals surface area contributed by atoms with E-state index in [0.717, 1.165) is 47.6 Å². The van der Waals surface area contributed by atoms with Crippen molar-refractivity contribution in [3.8, 4) is 5.69 Å². The highest BCUT2D eigenvalue weighted by atomic mass is 79.9. The average Bonchev–Trinajstić information content (AvgIpc) is 3.05. The number of imidazole rings is 1. The van der Waals surface area contributed by atoms with E-state index >= 15 is 0 Å². The van der Waals surface area contributed by atoms with Crippen LogP contribution in [-0.4, -0.2) is 63.5 Å². The summed E-state index contributed by atoms with van der Waals surface area (Å²) in [4.78, 5) is 25.8. The van der Waals surface area contributed by atoms with Crippen molar-refractivity contribution in [2.24, 2.45) is 0 Å². The first kappa shape index (κ1) is 16.2. The first-order valence-corrected chi connectivity index (χ1v) is 8.99. The van der Waals surface area contributed by atoms with Crippen LogP contribution in [0, 0.1) is 0 Å². The fourth-order valence-corrected chi connectivity index (χ4v) is 3.34. The van der Waals surface area contributed by atoms with Crippen LogP contribution in [-0.2, 0) is 0 Å². The van der Waals surface area contributed by atoms with E-state index in [1.54, 1.807) is 6.33 Å². The van der Waals surface area contributed by atoms with Gasteiger partial charge in [-0.05, 0) is 53.3 Å². The molecule has 1 amide bonds. The zero-order valence-electron chi connectivity index (χ0n) is 13.9. The molecule has 0 spiro atoms. The molecule has 0 atom stereocenters. The van der Waals surface area contributed by atoms with Gasteiger partial charge in [-0.1, -0.05) is 6.07 Å². The monoisotopic (exact) mass is 399 g/mol. The van der Waals surface area contributed by atoms with Crippen LogP contribution in [0.2, 0.25) is 0 Å². The first-order valence-electron chi connectivity index (χ1n) is 8.20. The van der Waals surface area contributed by atoms with Crippen molar-refractivity contribution < 1.29 is 4.79 Å². The number of likely N-dealkylation sites (N-methyl/N-ethyl adjacent to an activating group) is 1. The van der Waals surface area contributed by atoms with Crippen LogP contribution in [0.5, 0.6) is 0 Å². The van der Waals surface area contributed by atoms with Gasteiger partial charge in [0.05, 0.1) is 0 Å². The number of nitrogens with zero attached hydrogens (tertiary/aromatic N) is 5. The molecule has 2 aromatic heterocycles. The zero-order valence-corrected chi connectivity index (χ0v) is 15.5. The van der Waals surface area contributed by atoms with E-state index in [1.165, 1.54) is 0 Å². The van der Waals surface area contributed by atoms with Gasteiger partial charge in [0.1, 0.15) is 16.4 Å². The molecule has 128 valence electrons. The molecule has 0 saturated carbocycles. The molecular formula is C18H18BrN5O. The van der Waals surface area contributed by atoms with Gasteiger partial charge in [0.2, 0.25) is 0 Å². The molecule has 0 N–H and O–H groups in total. The zero-order chi connectivity index (χ0) is 17.4. The van der Waals surface area contributed by atoms with Crippen LogP contribution in [0.3, 0.4) is 0 Å². The second-order valence-corrected chi connectivity index (χ2v) is 7.05. The molecule has 3 aromatic rings. The first-order chi connectivity index (χ1) is 12.1. The molecule has 4 rings (SSSR count). The summed E-state index contributed by atoms with van der Waals surface area (Å²) in [7, 11) is 2.08. The largest absolute Gasteiger partial charge is 0.336 e. The number of halogens is 1. The molecule has 0 aliphatic carbocycles. The number of amides is 1. The van der Waals surface area contributed by atoms with Gasteiger partial charge in [0.15, 0.2) is 5.65 Å². The topological polar surface area (TPSA) is 54.3 Å². The maximum absolute atomic E-state index is 12.8. The second kappa shape index (κ2) is 6.57. The number of pyridine rings is 1. The van der Waals surface area contributed by atoms with E-state index < -0.39 is 0 Å². The summed E-state index contributed by atoms with van der Waals surface area (Å²) in [6.45, 7) is 3.36. The fraction of sp³-hybridized carbons (Fsp3) is 0.278. The lowest BCUT2D eigenvalue weighted by atomic mass is 10.1. The van der Waals surface area contributed by atoms with E-state index in [2.05, 4.69) is 37.8 Å². The van der Waals surface area contributed by atoms with E-state index in [4.69, 9.17) is 0 Å². The summed E-state index contributed by atoms with van der Waals surface area (Å²) in [6, 6.07) is 11.4. The Hall–Kier alpha value is -2.25. The maximum atomic E-state index is 12.8. The van der Waals surface area contributed by atoms with Gasteiger partial charge >= 0.3 is 0 Å². The van der Waals surface area contributed by atoms with Crippen LogP contribution < -0.4 is 0 Å².